The highest BCUT2D eigenvalue weighted by Crippen LogP contribution is 2.28. The zero-order valence-electron chi connectivity index (χ0n) is 13.5. The lowest BCUT2D eigenvalue weighted by Crippen LogP contribution is -2.08. The van der Waals surface area contributed by atoms with Crippen molar-refractivity contribution in [2.24, 2.45) is 5.73 Å². The van der Waals surface area contributed by atoms with Crippen molar-refractivity contribution in [3.63, 3.8) is 0 Å². The van der Waals surface area contributed by atoms with E-state index < -0.39 is 0 Å². The Balaban J connectivity index is 1.96. The maximum absolute atomic E-state index is 9.34. The second kappa shape index (κ2) is 6.34. The second-order valence-corrected chi connectivity index (χ2v) is 5.94. The molecule has 1 heterocycles. The minimum absolute atomic E-state index is 0.237. The Morgan fingerprint density at radius 2 is 1.87 bits per heavy atom. The van der Waals surface area contributed by atoms with Gasteiger partial charge in [0.15, 0.2) is 0 Å². The Bertz CT molecular complexity index is 804. The number of aromatic hydroxyl groups is 1. The van der Waals surface area contributed by atoms with Crippen molar-refractivity contribution >= 4 is 10.9 Å². The van der Waals surface area contributed by atoms with E-state index >= 15 is 0 Å². The lowest BCUT2D eigenvalue weighted by atomic mass is 10.1. The summed E-state index contributed by atoms with van der Waals surface area (Å²) < 4.78 is 8.16. The lowest BCUT2D eigenvalue weighted by molar-refractivity contribution is 0.292. The molecule has 0 unspecified atom stereocenters. The summed E-state index contributed by atoms with van der Waals surface area (Å²) in [6, 6.07) is 15.5. The number of hydrogen-bond acceptors (Lipinski definition) is 3. The number of nitrogens with two attached hydrogens (primary N) is 1. The molecule has 0 radical (unpaired) electrons. The molecule has 0 aliphatic rings. The molecule has 4 nitrogen and oxygen atoms in total. The third kappa shape index (κ3) is 3.03. The van der Waals surface area contributed by atoms with E-state index in [2.05, 4.69) is 36.6 Å². The average Bonchev–Trinajstić information content (AvgIpc) is 2.92. The van der Waals surface area contributed by atoms with Crippen molar-refractivity contribution in [2.45, 2.75) is 33.0 Å². The first-order valence-electron chi connectivity index (χ1n) is 7.83. The molecule has 23 heavy (non-hydrogen) atoms. The Morgan fingerprint density at radius 1 is 1.13 bits per heavy atom. The van der Waals surface area contributed by atoms with E-state index in [0.717, 1.165) is 17.0 Å². The highest BCUT2D eigenvalue weighted by molar-refractivity contribution is 5.85. The average molecular weight is 310 g/mol. The number of phenolic OH excluding ortho intramolecular Hbond substituents is 1. The fourth-order valence-electron chi connectivity index (χ4n) is 2.97. The van der Waals surface area contributed by atoms with Gasteiger partial charge in [0.25, 0.3) is 0 Å². The van der Waals surface area contributed by atoms with Crippen LogP contribution in [0.15, 0.2) is 48.5 Å². The highest BCUT2D eigenvalue weighted by Gasteiger charge is 2.14. The van der Waals surface area contributed by atoms with Crippen molar-refractivity contribution in [2.75, 3.05) is 0 Å². The maximum Gasteiger partial charge on any atom is 0.128 e. The van der Waals surface area contributed by atoms with Gasteiger partial charge < -0.3 is 20.1 Å². The van der Waals surface area contributed by atoms with Crippen molar-refractivity contribution in [3.8, 4) is 11.5 Å². The summed E-state index contributed by atoms with van der Waals surface area (Å²) >= 11 is 0. The summed E-state index contributed by atoms with van der Waals surface area (Å²) in [6.45, 7) is 5.33. The number of rotatable bonds is 5. The first-order chi connectivity index (χ1) is 11.1. The van der Waals surface area contributed by atoms with Crippen LogP contribution in [0.4, 0.5) is 0 Å². The van der Waals surface area contributed by atoms with E-state index in [1.807, 2.05) is 6.07 Å². The largest absolute Gasteiger partial charge is 0.508 e. The third-order valence-electron chi connectivity index (χ3n) is 4.01. The van der Waals surface area contributed by atoms with Gasteiger partial charge in [-0.1, -0.05) is 12.1 Å². The molecule has 4 heteroatoms. The Morgan fingerprint density at radius 3 is 2.52 bits per heavy atom. The molecule has 0 saturated heterocycles. The molecule has 0 saturated carbocycles. The predicted molar refractivity (Wildman–Crippen MR) is 92.7 cm³/mol. The summed E-state index contributed by atoms with van der Waals surface area (Å²) in [5, 5.41) is 10.5. The molecule has 2 aromatic carbocycles. The summed E-state index contributed by atoms with van der Waals surface area (Å²) in [6.07, 6.45) is 0. The quantitative estimate of drug-likeness (QED) is 0.749. The smallest absolute Gasteiger partial charge is 0.128 e. The van der Waals surface area contributed by atoms with Gasteiger partial charge in [0.05, 0.1) is 5.69 Å². The van der Waals surface area contributed by atoms with Crippen molar-refractivity contribution in [3.05, 3.63) is 59.8 Å². The highest BCUT2D eigenvalue weighted by atomic mass is 16.5. The number of nitrogens with zero attached hydrogens (tertiary/aromatic N) is 1. The maximum atomic E-state index is 9.34. The van der Waals surface area contributed by atoms with Crippen LogP contribution < -0.4 is 10.5 Å². The van der Waals surface area contributed by atoms with Crippen LogP contribution in [0.25, 0.3) is 10.9 Å². The van der Waals surface area contributed by atoms with Gasteiger partial charge in [-0.05, 0) is 55.8 Å². The van der Waals surface area contributed by atoms with Crippen LogP contribution in [0.3, 0.4) is 0 Å². The number of ether oxygens (including phenoxy) is 1. The number of phenols is 1. The second-order valence-electron chi connectivity index (χ2n) is 5.94. The lowest BCUT2D eigenvalue weighted by Gasteiger charge is -2.15. The first-order valence-corrected chi connectivity index (χ1v) is 7.83. The van der Waals surface area contributed by atoms with Crippen molar-refractivity contribution < 1.29 is 9.84 Å². The van der Waals surface area contributed by atoms with Crippen LogP contribution in [-0.4, -0.2) is 9.67 Å². The zero-order chi connectivity index (χ0) is 16.4. The summed E-state index contributed by atoms with van der Waals surface area (Å²) in [5.74, 6) is 0.976. The van der Waals surface area contributed by atoms with Gasteiger partial charge in [-0.2, -0.15) is 0 Å². The van der Waals surface area contributed by atoms with Crippen LogP contribution >= 0.6 is 0 Å². The SMILES string of the molecule is CC(C)n1c(COc2ccc(O)cc2)cc2c(CN)cccc21. The third-order valence-corrected chi connectivity index (χ3v) is 4.01. The van der Waals surface area contributed by atoms with Gasteiger partial charge in [-0.25, -0.2) is 0 Å². The standard InChI is InChI=1S/C19H22N2O2/c1-13(2)21-15(12-23-17-8-6-16(22)7-9-17)10-18-14(11-20)4-3-5-19(18)21/h3-10,13,22H,11-12,20H2,1-2H3. The van der Waals surface area contributed by atoms with Gasteiger partial charge in [-0.3, -0.25) is 0 Å². The van der Waals surface area contributed by atoms with Gasteiger partial charge in [0, 0.05) is 23.5 Å². The fraction of sp³-hybridized carbons (Fsp3) is 0.263. The monoisotopic (exact) mass is 310 g/mol. The van der Waals surface area contributed by atoms with E-state index in [-0.39, 0.29) is 5.75 Å². The molecule has 120 valence electrons. The number of aromatic nitrogens is 1. The van der Waals surface area contributed by atoms with Crippen molar-refractivity contribution in [1.82, 2.24) is 4.57 Å². The molecule has 0 fully saturated rings. The molecule has 0 aliphatic heterocycles. The van der Waals surface area contributed by atoms with Gasteiger partial charge in [-0.15, -0.1) is 0 Å². The topological polar surface area (TPSA) is 60.4 Å². The van der Waals surface area contributed by atoms with Crippen LogP contribution in [0, 0.1) is 0 Å². The molecule has 3 aromatic rings. The predicted octanol–water partition coefficient (Wildman–Crippen LogP) is 3.97. The summed E-state index contributed by atoms with van der Waals surface area (Å²) in [5.41, 5.74) is 9.31. The van der Waals surface area contributed by atoms with E-state index in [0.29, 0.717) is 19.2 Å². The first kappa shape index (κ1) is 15.4. The molecule has 0 bridgehead atoms. The molecule has 3 rings (SSSR count). The van der Waals surface area contributed by atoms with Crippen LogP contribution in [0.1, 0.15) is 31.1 Å². The molecule has 3 N–H and O–H groups in total. The molecular weight excluding hydrogens is 288 g/mol. The van der Waals surface area contributed by atoms with Crippen LogP contribution in [0.2, 0.25) is 0 Å². The molecule has 0 aliphatic carbocycles. The van der Waals surface area contributed by atoms with E-state index in [1.54, 1.807) is 24.3 Å². The molecule has 0 atom stereocenters. The number of hydrogen-bond donors (Lipinski definition) is 2. The Kier molecular flexibility index (Phi) is 4.26. The van der Waals surface area contributed by atoms with E-state index in [1.165, 1.54) is 10.9 Å². The van der Waals surface area contributed by atoms with Gasteiger partial charge in [0.2, 0.25) is 0 Å². The number of benzene rings is 2. The minimum Gasteiger partial charge on any atom is -0.508 e. The van der Waals surface area contributed by atoms with Gasteiger partial charge >= 0.3 is 0 Å². The molecular formula is C19H22N2O2. The number of fused-ring (bicyclic) bond motifs is 1. The van der Waals surface area contributed by atoms with Crippen molar-refractivity contribution in [1.29, 1.82) is 0 Å². The molecule has 1 aromatic heterocycles. The summed E-state index contributed by atoms with van der Waals surface area (Å²) in [4.78, 5) is 0. The Labute approximate surface area is 136 Å². The Hall–Kier alpha value is -2.46. The fourth-order valence-corrected chi connectivity index (χ4v) is 2.97. The van der Waals surface area contributed by atoms with Gasteiger partial charge in [0.1, 0.15) is 18.1 Å². The minimum atomic E-state index is 0.237. The zero-order valence-corrected chi connectivity index (χ0v) is 13.5. The van der Waals surface area contributed by atoms with Crippen LogP contribution in [-0.2, 0) is 13.2 Å². The summed E-state index contributed by atoms with van der Waals surface area (Å²) in [7, 11) is 0. The van der Waals surface area contributed by atoms with E-state index in [9.17, 15) is 5.11 Å². The molecule has 0 spiro atoms. The van der Waals surface area contributed by atoms with Crippen LogP contribution in [0.5, 0.6) is 11.5 Å². The molecule has 0 amide bonds. The van der Waals surface area contributed by atoms with E-state index in [4.69, 9.17) is 10.5 Å². The normalized spacial score (nSPS) is 11.3.